The van der Waals surface area contributed by atoms with E-state index in [1.54, 1.807) is 12.1 Å². The largest absolute Gasteiger partial charge is 0.344 e. The molecule has 0 spiro atoms. The summed E-state index contributed by atoms with van der Waals surface area (Å²) in [4.78, 5) is 2.19. The molecule has 0 saturated carbocycles. The van der Waals surface area contributed by atoms with Crippen molar-refractivity contribution in [3.8, 4) is 0 Å². The standard InChI is InChI=1S/C16H17N3O2S2/c17-23(20,21)15-7-5-14(6-8-15)18-16(22)19-10-9-12-3-1-2-4-13(12)11-19/h1-8H,9-11H2,(H,18,22)(H2,17,20,21). The molecule has 2 aromatic carbocycles. The van der Waals surface area contributed by atoms with Gasteiger partial charge < -0.3 is 10.2 Å². The fourth-order valence-corrected chi connectivity index (χ4v) is 3.39. The van der Waals surface area contributed by atoms with Crippen molar-refractivity contribution in [2.24, 2.45) is 5.14 Å². The average molecular weight is 347 g/mol. The van der Waals surface area contributed by atoms with Gasteiger partial charge in [0.05, 0.1) is 4.90 Å². The molecule has 2 aromatic rings. The molecule has 1 aliphatic heterocycles. The maximum absolute atomic E-state index is 11.3. The first-order chi connectivity index (χ1) is 10.9. The molecule has 3 rings (SSSR count). The van der Waals surface area contributed by atoms with Crippen LogP contribution < -0.4 is 10.5 Å². The SMILES string of the molecule is NS(=O)(=O)c1ccc(NC(=S)N2CCc3ccccc3C2)cc1. The lowest BCUT2D eigenvalue weighted by atomic mass is 10.0. The van der Waals surface area contributed by atoms with E-state index in [9.17, 15) is 8.42 Å². The predicted octanol–water partition coefficient (Wildman–Crippen LogP) is 2.09. The zero-order valence-electron chi connectivity index (χ0n) is 12.4. The normalized spacial score (nSPS) is 14.2. The van der Waals surface area contributed by atoms with Gasteiger partial charge in [-0.15, -0.1) is 0 Å². The van der Waals surface area contributed by atoms with Crippen molar-refractivity contribution < 1.29 is 8.42 Å². The lowest BCUT2D eigenvalue weighted by Gasteiger charge is -2.31. The highest BCUT2D eigenvalue weighted by atomic mass is 32.2. The van der Waals surface area contributed by atoms with E-state index in [4.69, 9.17) is 17.4 Å². The van der Waals surface area contributed by atoms with Gasteiger partial charge in [-0.1, -0.05) is 24.3 Å². The molecular formula is C16H17N3O2S2. The maximum Gasteiger partial charge on any atom is 0.238 e. The van der Waals surface area contributed by atoms with Crippen LogP contribution >= 0.6 is 12.2 Å². The molecule has 0 radical (unpaired) electrons. The molecule has 0 bridgehead atoms. The predicted molar refractivity (Wildman–Crippen MR) is 94.6 cm³/mol. The highest BCUT2D eigenvalue weighted by molar-refractivity contribution is 7.89. The minimum atomic E-state index is -3.67. The van der Waals surface area contributed by atoms with Crippen LogP contribution in [0.25, 0.3) is 0 Å². The Morgan fingerprint density at radius 2 is 1.74 bits per heavy atom. The van der Waals surface area contributed by atoms with Crippen LogP contribution in [-0.4, -0.2) is 25.0 Å². The number of fused-ring (bicyclic) bond motifs is 1. The Hall–Kier alpha value is -1.96. The third-order valence-corrected chi connectivity index (χ3v) is 5.14. The topological polar surface area (TPSA) is 75.4 Å². The van der Waals surface area contributed by atoms with Crippen LogP contribution in [0.2, 0.25) is 0 Å². The smallest absolute Gasteiger partial charge is 0.238 e. The van der Waals surface area contributed by atoms with Crippen LogP contribution in [0.15, 0.2) is 53.4 Å². The van der Waals surface area contributed by atoms with E-state index in [1.807, 2.05) is 6.07 Å². The Balaban J connectivity index is 1.68. The summed E-state index contributed by atoms with van der Waals surface area (Å²) in [5.41, 5.74) is 3.39. The molecule has 0 atom stereocenters. The lowest BCUT2D eigenvalue weighted by Crippen LogP contribution is -2.38. The summed E-state index contributed by atoms with van der Waals surface area (Å²) in [5, 5.41) is 8.86. The fourth-order valence-electron chi connectivity index (χ4n) is 2.60. The number of nitrogens with zero attached hydrogens (tertiary/aromatic N) is 1. The summed E-state index contributed by atoms with van der Waals surface area (Å²) < 4.78 is 22.5. The first-order valence-corrected chi connectivity index (χ1v) is 9.14. The van der Waals surface area contributed by atoms with Gasteiger partial charge in [-0.25, -0.2) is 13.6 Å². The van der Waals surface area contributed by atoms with Gasteiger partial charge in [-0.3, -0.25) is 0 Å². The Kier molecular flexibility index (Phi) is 4.34. The molecule has 1 aliphatic rings. The molecule has 5 nitrogen and oxygen atoms in total. The summed E-state index contributed by atoms with van der Waals surface area (Å²) in [6.07, 6.45) is 0.961. The Bertz CT molecular complexity index is 833. The van der Waals surface area contributed by atoms with Gasteiger partial charge in [0.25, 0.3) is 0 Å². The number of sulfonamides is 1. The molecule has 23 heavy (non-hydrogen) atoms. The van der Waals surface area contributed by atoms with Gasteiger partial charge in [0.1, 0.15) is 0 Å². The summed E-state index contributed by atoms with van der Waals surface area (Å²) in [7, 11) is -3.67. The molecule has 0 aromatic heterocycles. The van der Waals surface area contributed by atoms with E-state index in [-0.39, 0.29) is 4.90 Å². The molecule has 1 heterocycles. The van der Waals surface area contributed by atoms with E-state index in [2.05, 4.69) is 28.4 Å². The number of nitrogens with two attached hydrogens (primary N) is 1. The zero-order valence-corrected chi connectivity index (χ0v) is 14.0. The fraction of sp³-hybridized carbons (Fsp3) is 0.188. The van der Waals surface area contributed by atoms with E-state index in [0.717, 1.165) is 25.2 Å². The second kappa shape index (κ2) is 6.27. The lowest BCUT2D eigenvalue weighted by molar-refractivity contribution is 0.399. The van der Waals surface area contributed by atoms with Crippen LogP contribution in [0, 0.1) is 0 Å². The van der Waals surface area contributed by atoms with Gasteiger partial charge in [0.2, 0.25) is 10.0 Å². The number of hydrogen-bond donors (Lipinski definition) is 2. The van der Waals surface area contributed by atoms with Crippen molar-refractivity contribution >= 4 is 33.0 Å². The van der Waals surface area contributed by atoms with Crippen LogP contribution in [0.4, 0.5) is 5.69 Å². The van der Waals surface area contributed by atoms with Crippen molar-refractivity contribution in [3.63, 3.8) is 0 Å². The van der Waals surface area contributed by atoms with E-state index < -0.39 is 10.0 Å². The number of nitrogens with one attached hydrogen (secondary N) is 1. The molecular weight excluding hydrogens is 330 g/mol. The molecule has 120 valence electrons. The molecule has 3 N–H and O–H groups in total. The van der Waals surface area contributed by atoms with E-state index >= 15 is 0 Å². The highest BCUT2D eigenvalue weighted by Crippen LogP contribution is 2.20. The van der Waals surface area contributed by atoms with Crippen LogP contribution in [0.3, 0.4) is 0 Å². The van der Waals surface area contributed by atoms with Crippen molar-refractivity contribution in [1.82, 2.24) is 4.90 Å². The number of anilines is 1. The number of hydrogen-bond acceptors (Lipinski definition) is 3. The first-order valence-electron chi connectivity index (χ1n) is 7.19. The summed E-state index contributed by atoms with van der Waals surface area (Å²) in [6, 6.07) is 14.6. The van der Waals surface area contributed by atoms with Crippen LogP contribution in [0.5, 0.6) is 0 Å². The minimum Gasteiger partial charge on any atom is -0.344 e. The second-order valence-electron chi connectivity index (χ2n) is 5.44. The quantitative estimate of drug-likeness (QED) is 0.814. The van der Waals surface area contributed by atoms with Crippen molar-refractivity contribution in [2.75, 3.05) is 11.9 Å². The van der Waals surface area contributed by atoms with Crippen LogP contribution in [0.1, 0.15) is 11.1 Å². The summed E-state index contributed by atoms with van der Waals surface area (Å²) in [5.74, 6) is 0. The minimum absolute atomic E-state index is 0.0841. The van der Waals surface area contributed by atoms with Crippen molar-refractivity contribution in [3.05, 3.63) is 59.7 Å². The molecule has 0 saturated heterocycles. The maximum atomic E-state index is 11.3. The second-order valence-corrected chi connectivity index (χ2v) is 7.39. The Morgan fingerprint density at radius 3 is 2.39 bits per heavy atom. The molecule has 0 aliphatic carbocycles. The van der Waals surface area contributed by atoms with Gasteiger partial charge in [-0.05, 0) is 54.0 Å². The third kappa shape index (κ3) is 3.69. The van der Waals surface area contributed by atoms with E-state index in [1.165, 1.54) is 23.3 Å². The van der Waals surface area contributed by atoms with Crippen LogP contribution in [-0.2, 0) is 23.0 Å². The monoisotopic (exact) mass is 347 g/mol. The molecule has 0 amide bonds. The summed E-state index contributed by atoms with van der Waals surface area (Å²) >= 11 is 5.46. The molecule has 0 fully saturated rings. The van der Waals surface area contributed by atoms with Gasteiger partial charge in [0.15, 0.2) is 5.11 Å². The number of benzene rings is 2. The third-order valence-electron chi connectivity index (χ3n) is 3.85. The van der Waals surface area contributed by atoms with Gasteiger partial charge >= 0.3 is 0 Å². The molecule has 0 unspecified atom stereocenters. The Labute approximate surface area is 141 Å². The molecule has 7 heteroatoms. The van der Waals surface area contributed by atoms with Crippen molar-refractivity contribution in [1.29, 1.82) is 0 Å². The first kappa shape index (κ1) is 15.9. The zero-order chi connectivity index (χ0) is 16.4. The summed E-state index contributed by atoms with van der Waals surface area (Å²) in [6.45, 7) is 1.63. The Morgan fingerprint density at radius 1 is 1.09 bits per heavy atom. The van der Waals surface area contributed by atoms with E-state index in [0.29, 0.717) is 5.11 Å². The number of thiocarbonyl (C=S) groups is 1. The highest BCUT2D eigenvalue weighted by Gasteiger charge is 2.18. The number of rotatable bonds is 2. The number of primary sulfonamides is 1. The van der Waals surface area contributed by atoms with Gasteiger partial charge in [0, 0.05) is 18.8 Å². The average Bonchev–Trinajstić information content (AvgIpc) is 2.54. The van der Waals surface area contributed by atoms with Gasteiger partial charge in [-0.2, -0.15) is 0 Å². The van der Waals surface area contributed by atoms with Crippen molar-refractivity contribution in [2.45, 2.75) is 17.9 Å².